The summed E-state index contributed by atoms with van der Waals surface area (Å²) in [6.45, 7) is 5.19. The van der Waals surface area contributed by atoms with Gasteiger partial charge in [0.25, 0.3) is 0 Å². The molecule has 1 aromatic carbocycles. The third-order valence-electron chi connectivity index (χ3n) is 3.72. The highest BCUT2D eigenvalue weighted by atomic mass is 35.5. The molecule has 2 aromatic heterocycles. The molecule has 0 aliphatic rings. The van der Waals surface area contributed by atoms with Crippen LogP contribution in [0.5, 0.6) is 0 Å². The van der Waals surface area contributed by atoms with E-state index in [0.29, 0.717) is 22.9 Å². The van der Waals surface area contributed by atoms with E-state index in [0.717, 1.165) is 12.1 Å². The summed E-state index contributed by atoms with van der Waals surface area (Å²) in [5, 5.41) is 16.5. The van der Waals surface area contributed by atoms with E-state index in [9.17, 15) is 13.2 Å². The van der Waals surface area contributed by atoms with Gasteiger partial charge in [0, 0.05) is 0 Å². The first-order chi connectivity index (χ1) is 12.2. The largest absolute Gasteiger partial charge is 0.416 e. The zero-order valence-electron chi connectivity index (χ0n) is 14.1. The molecule has 0 spiro atoms. The maximum atomic E-state index is 12.9. The quantitative estimate of drug-likeness (QED) is 0.644. The number of hydrogen-bond acceptors (Lipinski definition) is 4. The Labute approximate surface area is 151 Å². The molecule has 3 rings (SSSR count). The number of halogens is 4. The second-order valence-electron chi connectivity index (χ2n) is 5.60. The molecule has 10 heteroatoms. The number of nitrogens with zero attached hydrogens (tertiary/aromatic N) is 6. The van der Waals surface area contributed by atoms with Crippen molar-refractivity contribution in [1.29, 1.82) is 0 Å². The fourth-order valence-electron chi connectivity index (χ4n) is 2.39. The lowest BCUT2D eigenvalue weighted by molar-refractivity contribution is -0.137. The van der Waals surface area contributed by atoms with Gasteiger partial charge in [0.05, 0.1) is 28.7 Å². The maximum absolute atomic E-state index is 12.9. The number of rotatable bonds is 3. The molecule has 2 heterocycles. The summed E-state index contributed by atoms with van der Waals surface area (Å²) in [4.78, 5) is 0. The molecular weight excluding hydrogens is 369 g/mol. The minimum Gasteiger partial charge on any atom is -0.221 e. The fraction of sp³-hybridized carbons (Fsp3) is 0.250. The Morgan fingerprint density at radius 3 is 2.38 bits per heavy atom. The molecule has 6 nitrogen and oxygen atoms in total. The summed E-state index contributed by atoms with van der Waals surface area (Å²) in [5.41, 5.74) is 0.463. The summed E-state index contributed by atoms with van der Waals surface area (Å²) in [5.74, 6) is 1.19. The van der Waals surface area contributed by atoms with Crippen molar-refractivity contribution in [3.8, 4) is 5.69 Å². The maximum Gasteiger partial charge on any atom is 0.416 e. The summed E-state index contributed by atoms with van der Waals surface area (Å²) >= 11 is 6.34. The van der Waals surface area contributed by atoms with Gasteiger partial charge >= 0.3 is 6.18 Å². The Morgan fingerprint density at radius 2 is 1.77 bits per heavy atom. The van der Waals surface area contributed by atoms with Gasteiger partial charge in [-0.05, 0) is 39.0 Å². The van der Waals surface area contributed by atoms with Gasteiger partial charge < -0.3 is 0 Å². The number of benzene rings is 1. The molecule has 26 heavy (non-hydrogen) atoms. The average molecular weight is 383 g/mol. The summed E-state index contributed by atoms with van der Waals surface area (Å²) in [7, 11) is 0. The molecule has 136 valence electrons. The lowest BCUT2D eigenvalue weighted by Crippen LogP contribution is -2.06. The van der Waals surface area contributed by atoms with Gasteiger partial charge in [-0.2, -0.15) is 23.4 Å². The number of hydrogen-bond donors (Lipinski definition) is 0. The fourth-order valence-corrected chi connectivity index (χ4v) is 2.71. The van der Waals surface area contributed by atoms with Gasteiger partial charge in [0.15, 0.2) is 11.6 Å². The van der Waals surface area contributed by atoms with Crippen LogP contribution >= 0.6 is 11.6 Å². The van der Waals surface area contributed by atoms with E-state index in [1.54, 1.807) is 20.8 Å². The third kappa shape index (κ3) is 3.34. The molecule has 0 unspecified atom stereocenters. The van der Waals surface area contributed by atoms with Crippen molar-refractivity contribution in [2.45, 2.75) is 26.9 Å². The van der Waals surface area contributed by atoms with Crippen molar-refractivity contribution in [3.05, 3.63) is 57.9 Å². The van der Waals surface area contributed by atoms with Crippen LogP contribution in [0, 0.1) is 20.8 Å². The molecule has 0 fully saturated rings. The third-order valence-corrected chi connectivity index (χ3v) is 4.08. The van der Waals surface area contributed by atoms with Crippen LogP contribution in [0.25, 0.3) is 5.69 Å². The van der Waals surface area contributed by atoms with Crippen LogP contribution in [0.3, 0.4) is 0 Å². The minimum absolute atomic E-state index is 0.161. The normalized spacial score (nSPS) is 12.3. The predicted molar refractivity (Wildman–Crippen MR) is 90.8 cm³/mol. The molecule has 0 atom stereocenters. The van der Waals surface area contributed by atoms with Crippen molar-refractivity contribution in [2.75, 3.05) is 0 Å². The molecule has 3 aromatic rings. The zero-order chi connectivity index (χ0) is 19.1. The SMILES string of the molecule is Cc1nn(-c2cccc(C(F)(F)F)c2)c(Cl)c1C=Nn1c(C)nnc1C. The second kappa shape index (κ2) is 6.56. The minimum atomic E-state index is -4.45. The van der Waals surface area contributed by atoms with Crippen molar-refractivity contribution in [2.24, 2.45) is 5.10 Å². The lowest BCUT2D eigenvalue weighted by atomic mass is 10.2. The summed E-state index contributed by atoms with van der Waals surface area (Å²) in [6.07, 6.45) is -2.96. The van der Waals surface area contributed by atoms with Crippen LogP contribution in [0.2, 0.25) is 5.15 Å². The van der Waals surface area contributed by atoms with Crippen LogP contribution in [0.1, 0.15) is 28.5 Å². The Kier molecular flexibility index (Phi) is 4.57. The predicted octanol–water partition coefficient (Wildman–Crippen LogP) is 3.94. The first kappa shape index (κ1) is 18.1. The van der Waals surface area contributed by atoms with Gasteiger partial charge in [0.2, 0.25) is 0 Å². The number of aromatic nitrogens is 5. The lowest BCUT2D eigenvalue weighted by Gasteiger charge is -2.09. The highest BCUT2D eigenvalue weighted by Gasteiger charge is 2.30. The van der Waals surface area contributed by atoms with E-state index >= 15 is 0 Å². The van der Waals surface area contributed by atoms with Gasteiger partial charge in [-0.3, -0.25) is 0 Å². The Bertz CT molecular complexity index is 967. The van der Waals surface area contributed by atoms with Gasteiger partial charge in [-0.1, -0.05) is 17.7 Å². The van der Waals surface area contributed by atoms with E-state index in [1.807, 2.05) is 0 Å². The van der Waals surface area contributed by atoms with E-state index in [4.69, 9.17) is 11.6 Å². The Hall–Kier alpha value is -2.68. The Morgan fingerprint density at radius 1 is 1.12 bits per heavy atom. The van der Waals surface area contributed by atoms with Crippen LogP contribution < -0.4 is 0 Å². The van der Waals surface area contributed by atoms with Crippen LogP contribution in [0.4, 0.5) is 13.2 Å². The van der Waals surface area contributed by atoms with Crippen LogP contribution in [-0.4, -0.2) is 30.9 Å². The summed E-state index contributed by atoms with van der Waals surface area (Å²) in [6, 6.07) is 4.80. The molecule has 0 radical (unpaired) electrons. The van der Waals surface area contributed by atoms with Crippen LogP contribution in [0.15, 0.2) is 29.4 Å². The standard InChI is InChI=1S/C16H14ClF3N6/c1-9-14(8-21-25-10(2)22-23-11(25)3)15(17)26(24-9)13-6-4-5-12(7-13)16(18,19)20/h4-8H,1-3H3. The van der Waals surface area contributed by atoms with Crippen molar-refractivity contribution in [1.82, 2.24) is 24.7 Å². The van der Waals surface area contributed by atoms with Gasteiger partial charge in [-0.25, -0.2) is 9.36 Å². The van der Waals surface area contributed by atoms with E-state index in [2.05, 4.69) is 20.4 Å². The van der Waals surface area contributed by atoms with E-state index < -0.39 is 11.7 Å². The molecule has 0 N–H and O–H groups in total. The second-order valence-corrected chi connectivity index (χ2v) is 5.96. The first-order valence-electron chi connectivity index (χ1n) is 7.54. The zero-order valence-corrected chi connectivity index (χ0v) is 14.8. The van der Waals surface area contributed by atoms with Crippen molar-refractivity contribution < 1.29 is 13.2 Å². The number of aryl methyl sites for hydroxylation is 3. The van der Waals surface area contributed by atoms with Crippen LogP contribution in [-0.2, 0) is 6.18 Å². The Balaban J connectivity index is 2.02. The monoisotopic (exact) mass is 382 g/mol. The molecule has 0 aliphatic carbocycles. The molecule has 0 saturated carbocycles. The van der Waals surface area contributed by atoms with Gasteiger partial charge in [-0.15, -0.1) is 10.2 Å². The number of alkyl halides is 3. The molecular formula is C16H14ClF3N6. The van der Waals surface area contributed by atoms with Crippen molar-refractivity contribution >= 4 is 17.8 Å². The molecule has 0 amide bonds. The topological polar surface area (TPSA) is 60.9 Å². The molecule has 0 aliphatic heterocycles. The van der Waals surface area contributed by atoms with E-state index in [1.165, 1.54) is 27.7 Å². The average Bonchev–Trinajstić information content (AvgIpc) is 3.05. The highest BCUT2D eigenvalue weighted by Crippen LogP contribution is 2.31. The molecule has 0 saturated heterocycles. The highest BCUT2D eigenvalue weighted by molar-refractivity contribution is 6.32. The van der Waals surface area contributed by atoms with Gasteiger partial charge in [0.1, 0.15) is 5.15 Å². The molecule has 0 bridgehead atoms. The van der Waals surface area contributed by atoms with E-state index in [-0.39, 0.29) is 10.8 Å². The smallest absolute Gasteiger partial charge is 0.221 e. The van der Waals surface area contributed by atoms with Crippen molar-refractivity contribution in [3.63, 3.8) is 0 Å². The first-order valence-corrected chi connectivity index (χ1v) is 7.92. The summed E-state index contributed by atoms with van der Waals surface area (Å²) < 4.78 is 41.5.